The average Bonchev–Trinajstić information content (AvgIpc) is 3.74. The molecule has 2 atom stereocenters. The van der Waals surface area contributed by atoms with Crippen LogP contribution in [0.5, 0.6) is 0 Å². The van der Waals surface area contributed by atoms with Crippen LogP contribution in [0.25, 0.3) is 22.5 Å². The second-order valence-electron chi connectivity index (χ2n) is 9.86. The summed E-state index contributed by atoms with van der Waals surface area (Å²) < 4.78 is 32.2. The van der Waals surface area contributed by atoms with Crippen LogP contribution in [0.3, 0.4) is 0 Å². The highest BCUT2D eigenvalue weighted by Gasteiger charge is 2.42. The molecule has 5 heterocycles. The molecule has 2 N–H and O–H groups in total. The number of aromatic nitrogens is 7. The smallest absolute Gasteiger partial charge is 0.247 e. The van der Waals surface area contributed by atoms with Gasteiger partial charge in [-0.05, 0) is 60.4 Å². The van der Waals surface area contributed by atoms with Gasteiger partial charge in [0.1, 0.15) is 12.2 Å². The molecule has 1 amide bonds. The van der Waals surface area contributed by atoms with Crippen molar-refractivity contribution in [2.24, 2.45) is 0 Å². The van der Waals surface area contributed by atoms with E-state index in [0.717, 1.165) is 0 Å². The Morgan fingerprint density at radius 1 is 1.20 bits per heavy atom. The Balaban J connectivity index is 1.30. The molecule has 0 unspecified atom stereocenters. The maximum absolute atomic E-state index is 15.5. The number of aromatic amines is 1. The third-order valence-electron chi connectivity index (χ3n) is 7.62. The molecule has 41 heavy (non-hydrogen) atoms. The quantitative estimate of drug-likeness (QED) is 0.322. The number of hydrogen-bond donors (Lipinski definition) is 2. The van der Waals surface area contributed by atoms with E-state index >= 15 is 8.78 Å². The van der Waals surface area contributed by atoms with Gasteiger partial charge in [-0.1, -0.05) is 11.6 Å². The summed E-state index contributed by atoms with van der Waals surface area (Å²) in [5, 5.41) is 20.4. The highest BCUT2D eigenvalue weighted by atomic mass is 35.5. The Hall–Kier alpha value is -4.23. The van der Waals surface area contributed by atoms with Crippen molar-refractivity contribution in [3.05, 3.63) is 71.0 Å². The van der Waals surface area contributed by atoms with Gasteiger partial charge in [0.15, 0.2) is 17.5 Å². The van der Waals surface area contributed by atoms with E-state index in [4.69, 9.17) is 11.6 Å². The molecule has 212 valence electrons. The second kappa shape index (κ2) is 11.0. The molecule has 14 heteroatoms. The van der Waals surface area contributed by atoms with Gasteiger partial charge in [0.05, 0.1) is 35.2 Å². The van der Waals surface area contributed by atoms with E-state index < -0.39 is 11.6 Å². The summed E-state index contributed by atoms with van der Waals surface area (Å²) in [6, 6.07) is 4.05. The lowest BCUT2D eigenvalue weighted by Crippen LogP contribution is -2.39. The molecular formula is C27H26ClF2N9O2. The fourth-order valence-corrected chi connectivity index (χ4v) is 5.90. The lowest BCUT2D eigenvalue weighted by atomic mass is 9.92. The van der Waals surface area contributed by atoms with Gasteiger partial charge in [0.2, 0.25) is 5.91 Å². The minimum Gasteiger partial charge on any atom is -0.395 e. The maximum atomic E-state index is 15.5. The number of amides is 1. The van der Waals surface area contributed by atoms with Gasteiger partial charge in [-0.3, -0.25) is 4.79 Å². The number of carbonyl (C=O) groups is 1. The Morgan fingerprint density at radius 3 is 2.80 bits per heavy atom. The van der Waals surface area contributed by atoms with Gasteiger partial charge in [0.25, 0.3) is 0 Å². The number of nitrogens with zero attached hydrogens (tertiary/aromatic N) is 8. The fraction of sp³-hybridized carbons (Fsp3) is 0.333. The number of nitrogens with one attached hydrogen (secondary N) is 1. The molecule has 2 aliphatic heterocycles. The summed E-state index contributed by atoms with van der Waals surface area (Å²) in [6.07, 6.45) is 7.55. The summed E-state index contributed by atoms with van der Waals surface area (Å²) in [7, 11) is 0. The van der Waals surface area contributed by atoms with E-state index in [2.05, 4.69) is 30.5 Å². The number of aliphatic hydroxyl groups excluding tert-OH is 1. The van der Waals surface area contributed by atoms with Crippen LogP contribution < -0.4 is 4.90 Å². The molecule has 0 saturated carbocycles. The first-order valence-corrected chi connectivity index (χ1v) is 13.6. The number of fused-ring (bicyclic) bond motifs is 1. The Bertz CT molecular complexity index is 1620. The van der Waals surface area contributed by atoms with E-state index in [0.29, 0.717) is 54.1 Å². The van der Waals surface area contributed by atoms with Crippen LogP contribution in [0.2, 0.25) is 5.02 Å². The summed E-state index contributed by atoms with van der Waals surface area (Å²) in [5.41, 5.74) is 1.83. The van der Waals surface area contributed by atoms with E-state index in [1.54, 1.807) is 28.1 Å². The molecule has 11 nitrogen and oxygen atoms in total. The SMILES string of the molecule is CCN(CCO)c1nccc(-c2cnc([C@@H]3CC[C@H]4CC(c5c(-n6cnnn6)ccc(Cl)c5F)=CC(=O)N43)[nH]2)c1F. The third kappa shape index (κ3) is 4.74. The number of halogens is 3. The largest absolute Gasteiger partial charge is 0.395 e. The van der Waals surface area contributed by atoms with Crippen molar-refractivity contribution < 1.29 is 18.7 Å². The van der Waals surface area contributed by atoms with Crippen LogP contribution in [-0.2, 0) is 4.79 Å². The van der Waals surface area contributed by atoms with Crippen LogP contribution >= 0.6 is 11.6 Å². The fourth-order valence-electron chi connectivity index (χ4n) is 5.74. The second-order valence-corrected chi connectivity index (χ2v) is 10.3. The van der Waals surface area contributed by atoms with E-state index in [9.17, 15) is 9.90 Å². The number of carbonyl (C=O) groups excluding carboxylic acids is 1. The minimum atomic E-state index is -0.642. The first kappa shape index (κ1) is 27.0. The number of hydrogen-bond acceptors (Lipinski definition) is 8. The molecule has 2 aliphatic rings. The number of rotatable bonds is 8. The number of tetrazole rings is 1. The molecule has 0 radical (unpaired) electrons. The first-order valence-electron chi connectivity index (χ1n) is 13.2. The zero-order valence-corrected chi connectivity index (χ0v) is 22.8. The van der Waals surface area contributed by atoms with Crippen molar-refractivity contribution in [2.45, 2.75) is 38.3 Å². The Kier molecular flexibility index (Phi) is 7.22. The van der Waals surface area contributed by atoms with Crippen molar-refractivity contribution in [1.82, 2.24) is 40.1 Å². The highest BCUT2D eigenvalue weighted by molar-refractivity contribution is 6.31. The zero-order chi connectivity index (χ0) is 28.7. The van der Waals surface area contributed by atoms with Crippen molar-refractivity contribution in [2.75, 3.05) is 24.6 Å². The van der Waals surface area contributed by atoms with Gasteiger partial charge in [0, 0.05) is 42.5 Å². The lowest BCUT2D eigenvalue weighted by Gasteiger charge is -2.33. The van der Waals surface area contributed by atoms with Crippen molar-refractivity contribution in [3.63, 3.8) is 0 Å². The molecule has 1 aromatic carbocycles. The van der Waals surface area contributed by atoms with Crippen LogP contribution in [0.1, 0.15) is 43.6 Å². The number of aliphatic hydroxyl groups is 1. The number of H-pyrrole nitrogens is 1. The predicted molar refractivity (Wildman–Crippen MR) is 146 cm³/mol. The van der Waals surface area contributed by atoms with Crippen molar-refractivity contribution >= 4 is 28.9 Å². The molecular weight excluding hydrogens is 556 g/mol. The normalized spacial score (nSPS) is 18.5. The van der Waals surface area contributed by atoms with Crippen molar-refractivity contribution in [3.8, 4) is 16.9 Å². The van der Waals surface area contributed by atoms with E-state index in [-0.39, 0.29) is 47.5 Å². The zero-order valence-electron chi connectivity index (χ0n) is 22.0. The first-order chi connectivity index (χ1) is 19.9. The molecule has 1 fully saturated rings. The number of anilines is 1. The summed E-state index contributed by atoms with van der Waals surface area (Å²) in [6.45, 7) is 2.47. The molecule has 4 aromatic rings. The number of likely N-dealkylation sites (N-methyl/N-ethyl adjacent to an activating group) is 1. The number of benzene rings is 1. The lowest BCUT2D eigenvalue weighted by molar-refractivity contribution is -0.129. The summed E-state index contributed by atoms with van der Waals surface area (Å²) >= 11 is 6.12. The topological polar surface area (TPSA) is 129 Å². The van der Waals surface area contributed by atoms with Crippen LogP contribution in [-0.4, -0.2) is 76.8 Å². The third-order valence-corrected chi connectivity index (χ3v) is 7.92. The number of pyridine rings is 1. The predicted octanol–water partition coefficient (Wildman–Crippen LogP) is 3.72. The van der Waals surface area contributed by atoms with Gasteiger partial charge in [-0.2, -0.15) is 4.68 Å². The molecule has 0 spiro atoms. The molecule has 1 saturated heterocycles. The van der Waals surface area contributed by atoms with Crippen LogP contribution in [0, 0.1) is 11.6 Å². The average molecular weight is 582 g/mol. The van der Waals surface area contributed by atoms with Gasteiger partial charge in [-0.15, -0.1) is 5.10 Å². The highest BCUT2D eigenvalue weighted by Crippen LogP contribution is 2.44. The molecule has 0 aliphatic carbocycles. The minimum absolute atomic E-state index is 0.0649. The molecule has 6 rings (SSSR count). The van der Waals surface area contributed by atoms with Gasteiger partial charge >= 0.3 is 0 Å². The van der Waals surface area contributed by atoms with Gasteiger partial charge < -0.3 is 19.9 Å². The molecule has 3 aromatic heterocycles. The summed E-state index contributed by atoms with van der Waals surface area (Å²) in [4.78, 5) is 28.8. The number of imidazole rings is 1. The Labute approximate surface area is 238 Å². The van der Waals surface area contributed by atoms with Gasteiger partial charge in [-0.25, -0.2) is 18.7 Å². The van der Waals surface area contributed by atoms with E-state index in [1.807, 2.05) is 6.92 Å². The Morgan fingerprint density at radius 2 is 2.05 bits per heavy atom. The van der Waals surface area contributed by atoms with E-state index in [1.165, 1.54) is 29.3 Å². The van der Waals surface area contributed by atoms with Crippen LogP contribution in [0.15, 0.2) is 43.0 Å². The van der Waals surface area contributed by atoms with Crippen LogP contribution in [0.4, 0.5) is 14.6 Å². The monoisotopic (exact) mass is 581 g/mol. The maximum Gasteiger partial charge on any atom is 0.247 e. The standard InChI is InChI=1S/C27H26ClF2N9O2/c1-2-37(9-10-40)27-24(29)17(7-8-31-27)19-13-32-26(34-19)21-5-3-16-11-15(12-22(41)39(16)21)23-20(38-14-33-35-36-38)6-4-18(28)25(23)30/h4,6-8,12-14,16,21,40H,2-3,5,9-11H2,1H3,(H,32,34)/t16-,21-/m0/s1. The van der Waals surface area contributed by atoms with Crippen molar-refractivity contribution in [1.29, 1.82) is 0 Å². The molecule has 0 bridgehead atoms. The summed E-state index contributed by atoms with van der Waals surface area (Å²) in [5.74, 6) is -0.757.